The Morgan fingerprint density at radius 1 is 1.16 bits per heavy atom. The fourth-order valence-electron chi connectivity index (χ4n) is 1.49. The Morgan fingerprint density at radius 3 is 2.42 bits per heavy atom. The molecular formula is C12H11FN2O3S. The molecule has 1 aromatic carbocycles. The van der Waals surface area contributed by atoms with E-state index in [1.807, 2.05) is 0 Å². The predicted molar refractivity (Wildman–Crippen MR) is 68.9 cm³/mol. The Labute approximate surface area is 109 Å². The SMILES string of the molecule is Cn1cccc(NS(=O)(=O)c2ccc(F)cc2)c1=O. The quantitative estimate of drug-likeness (QED) is 0.923. The third kappa shape index (κ3) is 2.82. The number of hydrogen-bond donors (Lipinski definition) is 1. The molecule has 0 saturated carbocycles. The summed E-state index contributed by atoms with van der Waals surface area (Å²) in [7, 11) is -2.39. The number of rotatable bonds is 3. The fourth-order valence-corrected chi connectivity index (χ4v) is 2.55. The average molecular weight is 282 g/mol. The molecule has 1 aromatic heterocycles. The Bertz CT molecular complexity index is 751. The standard InChI is InChI=1S/C12H11FN2O3S/c1-15-8-2-3-11(12(15)16)14-19(17,18)10-6-4-9(13)5-7-10/h2-8,14H,1H3. The van der Waals surface area contributed by atoms with Crippen LogP contribution in [-0.2, 0) is 17.1 Å². The van der Waals surface area contributed by atoms with Crippen LogP contribution in [0, 0.1) is 5.82 Å². The van der Waals surface area contributed by atoms with Crippen LogP contribution in [0.1, 0.15) is 0 Å². The van der Waals surface area contributed by atoms with Crippen LogP contribution < -0.4 is 10.3 Å². The molecule has 0 radical (unpaired) electrons. The van der Waals surface area contributed by atoms with E-state index in [4.69, 9.17) is 0 Å². The molecule has 100 valence electrons. The van der Waals surface area contributed by atoms with Gasteiger partial charge in [0.25, 0.3) is 15.6 Å². The van der Waals surface area contributed by atoms with Crippen molar-refractivity contribution in [1.29, 1.82) is 0 Å². The monoisotopic (exact) mass is 282 g/mol. The zero-order valence-electron chi connectivity index (χ0n) is 10.00. The van der Waals surface area contributed by atoms with Crippen LogP contribution in [-0.4, -0.2) is 13.0 Å². The summed E-state index contributed by atoms with van der Waals surface area (Å²) in [5.74, 6) is -0.533. The van der Waals surface area contributed by atoms with Gasteiger partial charge >= 0.3 is 0 Å². The minimum Gasteiger partial charge on any atom is -0.317 e. The molecule has 5 nitrogen and oxygen atoms in total. The molecule has 19 heavy (non-hydrogen) atoms. The molecule has 7 heteroatoms. The molecule has 0 amide bonds. The van der Waals surface area contributed by atoms with Gasteiger partial charge in [0.05, 0.1) is 4.90 Å². The summed E-state index contributed by atoms with van der Waals surface area (Å²) >= 11 is 0. The van der Waals surface area contributed by atoms with Crippen molar-refractivity contribution in [2.45, 2.75) is 4.90 Å². The minimum absolute atomic E-state index is 0.0608. The first-order valence-corrected chi connectivity index (χ1v) is 6.82. The molecule has 1 N–H and O–H groups in total. The number of anilines is 1. The number of aryl methyl sites for hydroxylation is 1. The number of halogens is 1. The molecule has 0 aliphatic heterocycles. The Hall–Kier alpha value is -2.15. The highest BCUT2D eigenvalue weighted by atomic mass is 32.2. The molecule has 2 aromatic rings. The lowest BCUT2D eigenvalue weighted by Crippen LogP contribution is -2.23. The van der Waals surface area contributed by atoms with Gasteiger partial charge in [0, 0.05) is 13.2 Å². The summed E-state index contributed by atoms with van der Waals surface area (Å²) in [6.07, 6.45) is 1.51. The van der Waals surface area contributed by atoms with Crippen molar-refractivity contribution in [1.82, 2.24) is 4.57 Å². The number of aromatic nitrogens is 1. The van der Waals surface area contributed by atoms with Crippen molar-refractivity contribution in [2.24, 2.45) is 7.05 Å². The van der Waals surface area contributed by atoms with E-state index in [2.05, 4.69) is 4.72 Å². The van der Waals surface area contributed by atoms with E-state index in [1.165, 1.54) is 23.9 Å². The molecule has 0 bridgehead atoms. The number of pyridine rings is 1. The maximum atomic E-state index is 12.8. The minimum atomic E-state index is -3.90. The van der Waals surface area contributed by atoms with E-state index >= 15 is 0 Å². The van der Waals surface area contributed by atoms with E-state index in [0.29, 0.717) is 0 Å². The largest absolute Gasteiger partial charge is 0.317 e. The van der Waals surface area contributed by atoms with Gasteiger partial charge in [-0.1, -0.05) is 0 Å². The van der Waals surface area contributed by atoms with Crippen LogP contribution in [0.4, 0.5) is 10.1 Å². The summed E-state index contributed by atoms with van der Waals surface area (Å²) in [6, 6.07) is 7.25. The van der Waals surface area contributed by atoms with Crippen molar-refractivity contribution >= 4 is 15.7 Å². The highest BCUT2D eigenvalue weighted by Gasteiger charge is 2.15. The molecular weight excluding hydrogens is 271 g/mol. The predicted octanol–water partition coefficient (Wildman–Crippen LogP) is 1.33. The highest BCUT2D eigenvalue weighted by Crippen LogP contribution is 2.13. The fraction of sp³-hybridized carbons (Fsp3) is 0.0833. The van der Waals surface area contributed by atoms with Gasteiger partial charge in [0.1, 0.15) is 11.5 Å². The van der Waals surface area contributed by atoms with Gasteiger partial charge in [-0.3, -0.25) is 9.52 Å². The lowest BCUT2D eigenvalue weighted by atomic mass is 10.4. The molecule has 0 atom stereocenters. The van der Waals surface area contributed by atoms with Crippen molar-refractivity contribution in [3.8, 4) is 0 Å². The van der Waals surface area contributed by atoms with Gasteiger partial charge < -0.3 is 4.57 Å². The van der Waals surface area contributed by atoms with Crippen molar-refractivity contribution < 1.29 is 12.8 Å². The first-order valence-electron chi connectivity index (χ1n) is 5.34. The number of hydrogen-bond acceptors (Lipinski definition) is 3. The smallest absolute Gasteiger partial charge is 0.274 e. The first-order chi connectivity index (χ1) is 8.90. The van der Waals surface area contributed by atoms with E-state index in [0.717, 1.165) is 24.3 Å². The Morgan fingerprint density at radius 2 is 1.79 bits per heavy atom. The van der Waals surface area contributed by atoms with E-state index in [-0.39, 0.29) is 10.6 Å². The van der Waals surface area contributed by atoms with Crippen LogP contribution in [0.5, 0.6) is 0 Å². The second-order valence-corrected chi connectivity index (χ2v) is 5.58. The summed E-state index contributed by atoms with van der Waals surface area (Å²) in [6.45, 7) is 0. The molecule has 2 rings (SSSR count). The van der Waals surface area contributed by atoms with Crippen molar-refractivity contribution in [2.75, 3.05) is 4.72 Å². The Balaban J connectivity index is 2.39. The number of sulfonamides is 1. The highest BCUT2D eigenvalue weighted by molar-refractivity contribution is 7.92. The number of nitrogens with zero attached hydrogens (tertiary/aromatic N) is 1. The first kappa shape index (κ1) is 13.3. The number of benzene rings is 1. The lowest BCUT2D eigenvalue weighted by Gasteiger charge is -2.08. The molecule has 0 spiro atoms. The van der Waals surface area contributed by atoms with Crippen LogP contribution in [0.3, 0.4) is 0 Å². The number of nitrogens with one attached hydrogen (secondary N) is 1. The van der Waals surface area contributed by atoms with Gasteiger partial charge in [0.15, 0.2) is 0 Å². The van der Waals surface area contributed by atoms with Gasteiger partial charge in [0.2, 0.25) is 0 Å². The topological polar surface area (TPSA) is 68.2 Å². The maximum Gasteiger partial charge on any atom is 0.274 e. The Kier molecular flexibility index (Phi) is 3.39. The van der Waals surface area contributed by atoms with Crippen LogP contribution in [0.2, 0.25) is 0 Å². The third-order valence-electron chi connectivity index (χ3n) is 2.49. The lowest BCUT2D eigenvalue weighted by molar-refractivity contribution is 0.599. The van der Waals surface area contributed by atoms with Crippen LogP contribution >= 0.6 is 0 Å². The van der Waals surface area contributed by atoms with Gasteiger partial charge in [-0.2, -0.15) is 0 Å². The molecule has 0 saturated heterocycles. The van der Waals surface area contributed by atoms with Crippen LogP contribution in [0.15, 0.2) is 52.3 Å². The summed E-state index contributed by atoms with van der Waals surface area (Å²) in [5, 5.41) is 0. The van der Waals surface area contributed by atoms with E-state index in [1.54, 1.807) is 6.07 Å². The third-order valence-corrected chi connectivity index (χ3v) is 3.87. The zero-order valence-corrected chi connectivity index (χ0v) is 10.8. The van der Waals surface area contributed by atoms with Crippen molar-refractivity contribution in [3.63, 3.8) is 0 Å². The molecule has 1 heterocycles. The van der Waals surface area contributed by atoms with Crippen LogP contribution in [0.25, 0.3) is 0 Å². The molecule has 0 unspecified atom stereocenters. The van der Waals surface area contributed by atoms with Gasteiger partial charge in [-0.05, 0) is 36.4 Å². The maximum absolute atomic E-state index is 12.8. The average Bonchev–Trinajstić information content (AvgIpc) is 2.35. The molecule has 0 aliphatic carbocycles. The molecule has 0 fully saturated rings. The second-order valence-electron chi connectivity index (χ2n) is 3.90. The van der Waals surface area contributed by atoms with Gasteiger partial charge in [-0.25, -0.2) is 12.8 Å². The zero-order chi connectivity index (χ0) is 14.0. The normalized spacial score (nSPS) is 11.3. The van der Waals surface area contributed by atoms with E-state index in [9.17, 15) is 17.6 Å². The molecule has 0 aliphatic rings. The van der Waals surface area contributed by atoms with Gasteiger partial charge in [-0.15, -0.1) is 0 Å². The summed E-state index contributed by atoms with van der Waals surface area (Å²) < 4.78 is 40.2. The summed E-state index contributed by atoms with van der Waals surface area (Å²) in [5.41, 5.74) is -0.525. The van der Waals surface area contributed by atoms with E-state index < -0.39 is 21.4 Å². The van der Waals surface area contributed by atoms with Crippen molar-refractivity contribution in [3.05, 3.63) is 58.8 Å². The summed E-state index contributed by atoms with van der Waals surface area (Å²) in [4.78, 5) is 11.6. The second kappa shape index (κ2) is 4.85.